The highest BCUT2D eigenvalue weighted by atomic mass is 16.1. The Morgan fingerprint density at radius 1 is 1.33 bits per heavy atom. The maximum absolute atomic E-state index is 11.8. The molecule has 0 atom stereocenters. The number of hydrogen-bond donors (Lipinski definition) is 2. The highest BCUT2D eigenvalue weighted by Crippen LogP contribution is 2.14. The molecule has 1 heterocycles. The van der Waals surface area contributed by atoms with Crippen LogP contribution in [0.1, 0.15) is 31.0 Å². The van der Waals surface area contributed by atoms with E-state index in [2.05, 4.69) is 29.4 Å². The Hall–Kier alpha value is -2.10. The van der Waals surface area contributed by atoms with Crippen LogP contribution in [0, 0.1) is 0 Å². The number of benzene rings is 1. The largest absolute Gasteiger partial charge is 0.309 e. The van der Waals surface area contributed by atoms with Gasteiger partial charge in [-0.25, -0.2) is 0 Å². The molecule has 2 N–H and O–H groups in total. The molecule has 0 radical (unpaired) electrons. The van der Waals surface area contributed by atoms with Crippen molar-refractivity contribution in [3.63, 3.8) is 0 Å². The van der Waals surface area contributed by atoms with E-state index in [1.165, 1.54) is 0 Å². The number of hydrogen-bond acceptors (Lipinski definition) is 2. The van der Waals surface area contributed by atoms with Crippen LogP contribution in [-0.4, -0.2) is 16.1 Å². The number of aromatic nitrogens is 2. The summed E-state index contributed by atoms with van der Waals surface area (Å²) in [6.45, 7) is 4.15. The summed E-state index contributed by atoms with van der Waals surface area (Å²) in [6, 6.07) is 11.5. The van der Waals surface area contributed by atoms with Gasteiger partial charge in [0, 0.05) is 11.8 Å². The fourth-order valence-electron chi connectivity index (χ4n) is 1.66. The van der Waals surface area contributed by atoms with Gasteiger partial charge in [-0.05, 0) is 11.5 Å². The second-order valence-electron chi connectivity index (χ2n) is 4.57. The van der Waals surface area contributed by atoms with Crippen molar-refractivity contribution >= 4 is 11.7 Å². The van der Waals surface area contributed by atoms with Crippen LogP contribution in [0.3, 0.4) is 0 Å². The number of nitrogens with zero attached hydrogens (tertiary/aromatic N) is 1. The van der Waals surface area contributed by atoms with Crippen molar-refractivity contribution in [1.29, 1.82) is 0 Å². The van der Waals surface area contributed by atoms with Crippen LogP contribution in [0.4, 0.5) is 5.82 Å². The quantitative estimate of drug-likeness (QED) is 0.867. The number of carbonyl (C=O) groups excluding carboxylic acids is 1. The second-order valence-corrected chi connectivity index (χ2v) is 4.57. The van der Waals surface area contributed by atoms with Crippen LogP contribution >= 0.6 is 0 Å². The molecule has 0 aliphatic heterocycles. The highest BCUT2D eigenvalue weighted by Gasteiger charge is 2.08. The summed E-state index contributed by atoms with van der Waals surface area (Å²) in [4.78, 5) is 11.8. The van der Waals surface area contributed by atoms with E-state index in [4.69, 9.17) is 0 Å². The summed E-state index contributed by atoms with van der Waals surface area (Å²) < 4.78 is 0. The number of H-pyrrole nitrogens is 1. The van der Waals surface area contributed by atoms with Gasteiger partial charge in [0.15, 0.2) is 5.82 Å². The summed E-state index contributed by atoms with van der Waals surface area (Å²) in [5, 5.41) is 9.76. The van der Waals surface area contributed by atoms with E-state index in [1.54, 1.807) is 0 Å². The standard InChI is InChI=1S/C14H17N3O/c1-10(2)12-9-13(17-16-12)15-14(18)8-11-6-4-3-5-7-11/h3-7,9-10H,8H2,1-2H3,(H2,15,16,17,18). The number of nitrogens with one attached hydrogen (secondary N) is 2. The maximum atomic E-state index is 11.8. The molecule has 1 aromatic heterocycles. The zero-order chi connectivity index (χ0) is 13.0. The second kappa shape index (κ2) is 5.49. The third-order valence-corrected chi connectivity index (χ3v) is 2.69. The highest BCUT2D eigenvalue weighted by molar-refractivity contribution is 5.91. The number of aromatic amines is 1. The van der Waals surface area contributed by atoms with Gasteiger partial charge in [-0.1, -0.05) is 44.2 Å². The lowest BCUT2D eigenvalue weighted by Gasteiger charge is -2.01. The molecule has 1 aromatic carbocycles. The predicted molar refractivity (Wildman–Crippen MR) is 71.5 cm³/mol. The zero-order valence-corrected chi connectivity index (χ0v) is 10.6. The van der Waals surface area contributed by atoms with Crippen LogP contribution in [0.2, 0.25) is 0 Å². The topological polar surface area (TPSA) is 57.8 Å². The average Bonchev–Trinajstić information content (AvgIpc) is 2.78. The van der Waals surface area contributed by atoms with Gasteiger partial charge in [-0.15, -0.1) is 0 Å². The Morgan fingerprint density at radius 3 is 2.67 bits per heavy atom. The van der Waals surface area contributed by atoms with Crippen LogP contribution < -0.4 is 5.32 Å². The average molecular weight is 243 g/mol. The van der Waals surface area contributed by atoms with Crippen LogP contribution in [0.5, 0.6) is 0 Å². The Labute approximate surface area is 106 Å². The van der Waals surface area contributed by atoms with E-state index in [0.717, 1.165) is 11.3 Å². The Balaban J connectivity index is 1.95. The number of anilines is 1. The van der Waals surface area contributed by atoms with E-state index in [-0.39, 0.29) is 5.91 Å². The molecular weight excluding hydrogens is 226 g/mol. The predicted octanol–water partition coefficient (Wildman–Crippen LogP) is 2.71. The number of amides is 1. The lowest BCUT2D eigenvalue weighted by atomic mass is 10.1. The first-order chi connectivity index (χ1) is 8.65. The van der Waals surface area contributed by atoms with Gasteiger partial charge in [-0.3, -0.25) is 9.89 Å². The first-order valence-electron chi connectivity index (χ1n) is 6.04. The lowest BCUT2D eigenvalue weighted by Crippen LogP contribution is -2.14. The number of rotatable bonds is 4. The summed E-state index contributed by atoms with van der Waals surface area (Å²) >= 11 is 0. The molecule has 0 unspecified atom stereocenters. The molecule has 94 valence electrons. The van der Waals surface area contributed by atoms with Crippen LogP contribution in [0.25, 0.3) is 0 Å². The SMILES string of the molecule is CC(C)c1cc(NC(=O)Cc2ccccc2)n[nH]1. The van der Waals surface area contributed by atoms with Crippen LogP contribution in [-0.2, 0) is 11.2 Å². The first-order valence-corrected chi connectivity index (χ1v) is 6.04. The van der Waals surface area contributed by atoms with Crippen LogP contribution in [0.15, 0.2) is 36.4 Å². The number of carbonyl (C=O) groups is 1. The molecular formula is C14H17N3O. The fraction of sp³-hybridized carbons (Fsp3) is 0.286. The van der Waals surface area contributed by atoms with Crippen molar-refractivity contribution in [2.24, 2.45) is 0 Å². The molecule has 0 spiro atoms. The molecule has 2 rings (SSSR count). The van der Waals surface area contributed by atoms with E-state index >= 15 is 0 Å². The molecule has 0 saturated carbocycles. The molecule has 2 aromatic rings. The van der Waals surface area contributed by atoms with Crippen molar-refractivity contribution < 1.29 is 4.79 Å². The van der Waals surface area contributed by atoms with Crippen molar-refractivity contribution in [1.82, 2.24) is 10.2 Å². The normalized spacial score (nSPS) is 10.6. The molecule has 0 saturated heterocycles. The molecule has 0 fully saturated rings. The molecule has 0 bridgehead atoms. The van der Waals surface area contributed by atoms with Crippen molar-refractivity contribution in [2.75, 3.05) is 5.32 Å². The minimum absolute atomic E-state index is 0.0528. The minimum atomic E-state index is -0.0528. The van der Waals surface area contributed by atoms with E-state index in [1.807, 2.05) is 36.4 Å². The first kappa shape index (κ1) is 12.4. The van der Waals surface area contributed by atoms with Crippen molar-refractivity contribution in [3.8, 4) is 0 Å². The minimum Gasteiger partial charge on any atom is -0.309 e. The monoisotopic (exact) mass is 243 g/mol. The maximum Gasteiger partial charge on any atom is 0.229 e. The Morgan fingerprint density at radius 2 is 2.06 bits per heavy atom. The lowest BCUT2D eigenvalue weighted by molar-refractivity contribution is -0.115. The van der Waals surface area contributed by atoms with Gasteiger partial charge in [0.1, 0.15) is 0 Å². The van der Waals surface area contributed by atoms with E-state index in [9.17, 15) is 4.79 Å². The molecule has 0 aliphatic rings. The molecule has 1 amide bonds. The van der Waals surface area contributed by atoms with Gasteiger partial charge in [-0.2, -0.15) is 5.10 Å². The van der Waals surface area contributed by atoms with Gasteiger partial charge < -0.3 is 5.32 Å². The molecule has 4 heteroatoms. The summed E-state index contributed by atoms with van der Waals surface area (Å²) in [6.07, 6.45) is 0.366. The van der Waals surface area contributed by atoms with E-state index in [0.29, 0.717) is 18.2 Å². The molecule has 0 aliphatic carbocycles. The summed E-state index contributed by atoms with van der Waals surface area (Å²) in [5.74, 6) is 0.903. The fourth-order valence-corrected chi connectivity index (χ4v) is 1.66. The zero-order valence-electron chi connectivity index (χ0n) is 10.6. The smallest absolute Gasteiger partial charge is 0.229 e. The Bertz CT molecular complexity index is 517. The summed E-state index contributed by atoms with van der Waals surface area (Å²) in [5.41, 5.74) is 2.01. The molecule has 4 nitrogen and oxygen atoms in total. The van der Waals surface area contributed by atoms with Gasteiger partial charge in [0.2, 0.25) is 5.91 Å². The van der Waals surface area contributed by atoms with Crippen molar-refractivity contribution in [3.05, 3.63) is 47.7 Å². The van der Waals surface area contributed by atoms with Crippen molar-refractivity contribution in [2.45, 2.75) is 26.2 Å². The molecule has 18 heavy (non-hydrogen) atoms. The van der Waals surface area contributed by atoms with E-state index < -0.39 is 0 Å². The summed E-state index contributed by atoms with van der Waals surface area (Å²) in [7, 11) is 0. The van der Waals surface area contributed by atoms with Gasteiger partial charge in [0.05, 0.1) is 6.42 Å². The third-order valence-electron chi connectivity index (χ3n) is 2.69. The Kier molecular flexibility index (Phi) is 3.77. The van der Waals surface area contributed by atoms with Gasteiger partial charge in [0.25, 0.3) is 0 Å². The van der Waals surface area contributed by atoms with Gasteiger partial charge >= 0.3 is 0 Å². The third kappa shape index (κ3) is 3.20.